The Hall–Kier alpha value is -1.85. The van der Waals surface area contributed by atoms with Gasteiger partial charge in [0.2, 0.25) is 0 Å². The van der Waals surface area contributed by atoms with Crippen molar-refractivity contribution < 1.29 is 14.6 Å². The lowest BCUT2D eigenvalue weighted by atomic mass is 10.2. The maximum absolute atomic E-state index is 11.7. The van der Waals surface area contributed by atoms with Crippen LogP contribution in [0, 0.1) is 6.92 Å². The van der Waals surface area contributed by atoms with Crippen LogP contribution in [0.5, 0.6) is 0 Å². The molecular weight excluding hydrogens is 274 g/mol. The number of nitrogens with one attached hydrogen (secondary N) is 1. The molecule has 1 unspecified atom stereocenters. The van der Waals surface area contributed by atoms with Crippen molar-refractivity contribution in [3.8, 4) is 0 Å². The monoisotopic (exact) mass is 291 g/mol. The number of carbonyl (C=O) groups excluding carboxylic acids is 1. The van der Waals surface area contributed by atoms with Gasteiger partial charge in [0, 0.05) is 9.75 Å². The van der Waals surface area contributed by atoms with E-state index in [2.05, 4.69) is 5.32 Å². The van der Waals surface area contributed by atoms with Crippen molar-refractivity contribution in [2.75, 3.05) is 6.61 Å². The Labute approximate surface area is 122 Å². The summed E-state index contributed by atoms with van der Waals surface area (Å²) in [5.41, 5.74) is 0.926. The number of aliphatic hydroxyl groups excluding tert-OH is 1. The number of hydrogen-bond donors (Lipinski definition) is 2. The molecule has 0 aliphatic carbocycles. The number of benzene rings is 1. The first-order chi connectivity index (χ1) is 9.69. The molecule has 0 fully saturated rings. The van der Waals surface area contributed by atoms with E-state index in [-0.39, 0.29) is 13.2 Å². The maximum Gasteiger partial charge on any atom is 0.408 e. The molecule has 2 aromatic rings. The van der Waals surface area contributed by atoms with E-state index in [0.29, 0.717) is 0 Å². The van der Waals surface area contributed by atoms with Gasteiger partial charge in [-0.2, -0.15) is 0 Å². The Morgan fingerprint density at radius 2 is 2.05 bits per heavy atom. The highest BCUT2D eigenvalue weighted by atomic mass is 32.1. The number of aryl methyl sites for hydroxylation is 1. The first-order valence-corrected chi connectivity index (χ1v) is 7.15. The largest absolute Gasteiger partial charge is 0.445 e. The van der Waals surface area contributed by atoms with Crippen LogP contribution in [0.2, 0.25) is 0 Å². The zero-order chi connectivity index (χ0) is 14.4. The van der Waals surface area contributed by atoms with Gasteiger partial charge in [0.05, 0.1) is 12.6 Å². The number of rotatable bonds is 5. The van der Waals surface area contributed by atoms with Crippen LogP contribution in [0.15, 0.2) is 42.5 Å². The minimum atomic E-state index is -0.529. The van der Waals surface area contributed by atoms with Gasteiger partial charge in [-0.05, 0) is 24.6 Å². The zero-order valence-electron chi connectivity index (χ0n) is 11.2. The topological polar surface area (TPSA) is 58.6 Å². The number of ether oxygens (including phenoxy) is 1. The van der Waals surface area contributed by atoms with Gasteiger partial charge in [0.1, 0.15) is 6.61 Å². The predicted molar refractivity (Wildman–Crippen MR) is 78.6 cm³/mol. The van der Waals surface area contributed by atoms with E-state index in [9.17, 15) is 9.90 Å². The van der Waals surface area contributed by atoms with Crippen molar-refractivity contribution >= 4 is 17.4 Å². The normalized spacial score (nSPS) is 11.9. The highest BCUT2D eigenvalue weighted by Gasteiger charge is 2.16. The molecule has 1 aromatic heterocycles. The average molecular weight is 291 g/mol. The van der Waals surface area contributed by atoms with Crippen molar-refractivity contribution in [2.24, 2.45) is 0 Å². The maximum atomic E-state index is 11.7. The van der Waals surface area contributed by atoms with Crippen molar-refractivity contribution in [1.82, 2.24) is 5.32 Å². The second kappa shape index (κ2) is 7.07. The van der Waals surface area contributed by atoms with Crippen LogP contribution < -0.4 is 5.32 Å². The lowest BCUT2D eigenvalue weighted by Gasteiger charge is -2.14. The molecule has 0 bridgehead atoms. The Kier molecular flexibility index (Phi) is 5.15. The summed E-state index contributed by atoms with van der Waals surface area (Å²) < 4.78 is 5.13. The van der Waals surface area contributed by atoms with Crippen LogP contribution in [0.25, 0.3) is 0 Å². The third kappa shape index (κ3) is 4.08. The van der Waals surface area contributed by atoms with Crippen LogP contribution >= 0.6 is 11.3 Å². The minimum Gasteiger partial charge on any atom is -0.445 e. The summed E-state index contributed by atoms with van der Waals surface area (Å²) in [7, 11) is 0. The summed E-state index contributed by atoms with van der Waals surface area (Å²) in [5.74, 6) is 0. The molecule has 1 amide bonds. The van der Waals surface area contributed by atoms with E-state index in [0.717, 1.165) is 15.3 Å². The summed E-state index contributed by atoms with van der Waals surface area (Å²) in [6, 6.07) is 12.9. The fraction of sp³-hybridized carbons (Fsp3) is 0.267. The summed E-state index contributed by atoms with van der Waals surface area (Å²) in [4.78, 5) is 13.8. The highest BCUT2D eigenvalue weighted by Crippen LogP contribution is 2.22. The zero-order valence-corrected chi connectivity index (χ0v) is 12.0. The standard InChI is InChI=1S/C15H17NO3S/c1-11-7-8-14(20-11)13(9-17)16-15(18)19-10-12-5-3-2-4-6-12/h2-8,13,17H,9-10H2,1H3,(H,16,18). The minimum absolute atomic E-state index is 0.152. The van der Waals surface area contributed by atoms with Gasteiger partial charge >= 0.3 is 6.09 Å². The summed E-state index contributed by atoms with van der Waals surface area (Å²) in [6.07, 6.45) is -0.529. The highest BCUT2D eigenvalue weighted by molar-refractivity contribution is 7.12. The molecule has 1 atom stereocenters. The van der Waals surface area contributed by atoms with Crippen molar-refractivity contribution in [2.45, 2.75) is 19.6 Å². The molecule has 0 aliphatic rings. The number of hydrogen-bond acceptors (Lipinski definition) is 4. The summed E-state index contributed by atoms with van der Waals surface area (Å²) in [5, 5.41) is 12.0. The number of thiophene rings is 1. The molecule has 0 spiro atoms. The van der Waals surface area contributed by atoms with Gasteiger partial charge in [0.25, 0.3) is 0 Å². The van der Waals surface area contributed by atoms with Crippen LogP contribution in [0.3, 0.4) is 0 Å². The number of carbonyl (C=O) groups is 1. The molecule has 0 aliphatic heterocycles. The van der Waals surface area contributed by atoms with Gasteiger partial charge in [-0.3, -0.25) is 0 Å². The summed E-state index contributed by atoms with van der Waals surface area (Å²) >= 11 is 1.55. The SMILES string of the molecule is Cc1ccc(C(CO)NC(=O)OCc2ccccc2)s1. The molecule has 20 heavy (non-hydrogen) atoms. The van der Waals surface area contributed by atoms with Crippen LogP contribution in [-0.2, 0) is 11.3 Å². The molecule has 0 saturated carbocycles. The van der Waals surface area contributed by atoms with E-state index in [1.807, 2.05) is 49.4 Å². The lowest BCUT2D eigenvalue weighted by molar-refractivity contribution is 0.129. The number of amides is 1. The quantitative estimate of drug-likeness (QED) is 0.890. The Morgan fingerprint density at radius 1 is 1.30 bits per heavy atom. The lowest BCUT2D eigenvalue weighted by Crippen LogP contribution is -2.30. The third-order valence-corrected chi connectivity index (χ3v) is 3.91. The second-order valence-corrected chi connectivity index (χ2v) is 5.71. The van der Waals surface area contributed by atoms with Crippen molar-refractivity contribution in [1.29, 1.82) is 0 Å². The Balaban J connectivity index is 1.86. The van der Waals surface area contributed by atoms with Crippen molar-refractivity contribution in [3.05, 3.63) is 57.8 Å². The predicted octanol–water partition coefficient (Wildman–Crippen LogP) is 3.02. The smallest absolute Gasteiger partial charge is 0.408 e. The van der Waals surface area contributed by atoms with Gasteiger partial charge < -0.3 is 15.2 Å². The Bertz CT molecular complexity index is 553. The van der Waals surface area contributed by atoms with Gasteiger partial charge in [0.15, 0.2) is 0 Å². The molecule has 4 nitrogen and oxygen atoms in total. The van der Waals surface area contributed by atoms with Gasteiger partial charge in [-0.25, -0.2) is 4.79 Å². The third-order valence-electron chi connectivity index (χ3n) is 2.79. The van der Waals surface area contributed by atoms with Crippen LogP contribution in [-0.4, -0.2) is 17.8 Å². The first-order valence-electron chi connectivity index (χ1n) is 6.33. The first kappa shape index (κ1) is 14.6. The number of aliphatic hydroxyl groups is 1. The average Bonchev–Trinajstić information content (AvgIpc) is 2.90. The number of alkyl carbamates (subject to hydrolysis) is 1. The molecule has 0 radical (unpaired) electrons. The van der Waals surface area contributed by atoms with Crippen LogP contribution in [0.4, 0.5) is 4.79 Å². The van der Waals surface area contributed by atoms with E-state index in [4.69, 9.17) is 4.74 Å². The molecule has 1 aromatic carbocycles. The van der Waals surface area contributed by atoms with Crippen molar-refractivity contribution in [3.63, 3.8) is 0 Å². The van der Waals surface area contributed by atoms with E-state index in [1.54, 1.807) is 11.3 Å². The fourth-order valence-electron chi connectivity index (χ4n) is 1.75. The molecule has 106 valence electrons. The van der Waals surface area contributed by atoms with E-state index in [1.165, 1.54) is 0 Å². The second-order valence-electron chi connectivity index (χ2n) is 4.39. The van der Waals surface area contributed by atoms with E-state index >= 15 is 0 Å². The van der Waals surface area contributed by atoms with Gasteiger partial charge in [-0.1, -0.05) is 30.3 Å². The summed E-state index contributed by atoms with van der Waals surface area (Å²) in [6.45, 7) is 2.05. The molecule has 2 rings (SSSR count). The molecule has 1 heterocycles. The fourth-order valence-corrected chi connectivity index (χ4v) is 2.67. The molecular formula is C15H17NO3S. The molecule has 5 heteroatoms. The van der Waals surface area contributed by atoms with Crippen LogP contribution in [0.1, 0.15) is 21.4 Å². The molecule has 2 N–H and O–H groups in total. The van der Waals surface area contributed by atoms with Gasteiger partial charge in [-0.15, -0.1) is 11.3 Å². The van der Waals surface area contributed by atoms with E-state index < -0.39 is 12.1 Å². The molecule has 0 saturated heterocycles. The Morgan fingerprint density at radius 3 is 2.65 bits per heavy atom.